The third-order valence-corrected chi connectivity index (χ3v) is 6.34. The average molecular weight is 317 g/mol. The zero-order valence-corrected chi connectivity index (χ0v) is 14.9. The van der Waals surface area contributed by atoms with Gasteiger partial charge in [-0.25, -0.2) is 4.98 Å². The fourth-order valence-electron chi connectivity index (χ4n) is 2.21. The number of anilines is 1. The summed E-state index contributed by atoms with van der Waals surface area (Å²) in [6, 6.07) is 10.5. The van der Waals surface area contributed by atoms with Crippen LogP contribution in [-0.4, -0.2) is 27.2 Å². The van der Waals surface area contributed by atoms with Crippen molar-refractivity contribution in [1.82, 2.24) is 4.98 Å². The van der Waals surface area contributed by atoms with Gasteiger partial charge in [0.1, 0.15) is 13.8 Å². The summed E-state index contributed by atoms with van der Waals surface area (Å²) in [7, 11) is 2.62. The van der Waals surface area contributed by atoms with E-state index in [2.05, 4.69) is 50.0 Å². The van der Waals surface area contributed by atoms with E-state index in [0.717, 1.165) is 27.4 Å². The third-order valence-electron chi connectivity index (χ3n) is 3.40. The van der Waals surface area contributed by atoms with Gasteiger partial charge in [-0.3, -0.25) is 0 Å². The van der Waals surface area contributed by atoms with Crippen LogP contribution >= 0.6 is 11.3 Å². The molecule has 0 saturated heterocycles. The van der Waals surface area contributed by atoms with Crippen molar-refractivity contribution in [2.45, 2.75) is 19.6 Å². The first kappa shape index (κ1) is 14.3. The van der Waals surface area contributed by atoms with Gasteiger partial charge in [0.25, 0.3) is 0 Å². The van der Waals surface area contributed by atoms with E-state index in [0.29, 0.717) is 0 Å². The van der Waals surface area contributed by atoms with Crippen molar-refractivity contribution in [3.8, 4) is 11.3 Å². The SMILES string of the molecule is CN(C)c1nc2c(-c3ccc([Si](C)(C)C)o3)cccc2s1. The van der Waals surface area contributed by atoms with E-state index in [4.69, 9.17) is 9.40 Å². The number of para-hydroxylation sites is 1. The van der Waals surface area contributed by atoms with E-state index in [1.807, 2.05) is 19.0 Å². The van der Waals surface area contributed by atoms with Crippen LogP contribution in [0.25, 0.3) is 21.5 Å². The summed E-state index contributed by atoms with van der Waals surface area (Å²) in [4.78, 5) is 6.80. The molecule has 0 bridgehead atoms. The summed E-state index contributed by atoms with van der Waals surface area (Å²) in [5, 5.41) is 2.16. The first-order chi connectivity index (χ1) is 9.86. The van der Waals surface area contributed by atoms with Crippen molar-refractivity contribution in [3.05, 3.63) is 30.3 Å². The molecular formula is C16H20N2OSSi. The van der Waals surface area contributed by atoms with Crippen LogP contribution in [0.5, 0.6) is 0 Å². The van der Waals surface area contributed by atoms with Crippen molar-refractivity contribution in [2.24, 2.45) is 0 Å². The largest absolute Gasteiger partial charge is 0.466 e. The highest BCUT2D eigenvalue weighted by atomic mass is 32.1. The number of benzene rings is 1. The molecule has 2 aromatic heterocycles. The molecule has 0 aliphatic rings. The second-order valence-electron chi connectivity index (χ2n) is 6.46. The average Bonchev–Trinajstić information content (AvgIpc) is 3.04. The Kier molecular flexibility index (Phi) is 3.41. The molecule has 0 aliphatic heterocycles. The van der Waals surface area contributed by atoms with Crippen LogP contribution in [0, 0.1) is 0 Å². The van der Waals surface area contributed by atoms with Crippen LogP contribution in [0.2, 0.25) is 19.6 Å². The fourth-order valence-corrected chi connectivity index (χ4v) is 4.13. The smallest absolute Gasteiger partial charge is 0.185 e. The molecule has 3 aromatic rings. The van der Waals surface area contributed by atoms with E-state index in [9.17, 15) is 0 Å². The summed E-state index contributed by atoms with van der Waals surface area (Å²) in [6.07, 6.45) is 0. The van der Waals surface area contributed by atoms with Crippen LogP contribution in [-0.2, 0) is 0 Å². The number of thiazole rings is 1. The molecular weight excluding hydrogens is 296 g/mol. The Morgan fingerprint density at radius 2 is 1.86 bits per heavy atom. The molecule has 2 heterocycles. The molecule has 3 rings (SSSR count). The van der Waals surface area contributed by atoms with Crippen LogP contribution in [0.1, 0.15) is 0 Å². The van der Waals surface area contributed by atoms with Crippen molar-refractivity contribution in [1.29, 1.82) is 0 Å². The maximum atomic E-state index is 6.12. The zero-order valence-electron chi connectivity index (χ0n) is 13.1. The molecule has 0 aliphatic carbocycles. The van der Waals surface area contributed by atoms with Crippen LogP contribution in [0.15, 0.2) is 34.7 Å². The molecule has 0 unspecified atom stereocenters. The highest BCUT2D eigenvalue weighted by molar-refractivity contribution is 7.22. The van der Waals surface area contributed by atoms with Crippen molar-refractivity contribution in [3.63, 3.8) is 0 Å². The summed E-state index contributed by atoms with van der Waals surface area (Å²) >= 11 is 1.71. The minimum absolute atomic E-state index is 0.925. The Hall–Kier alpha value is -1.59. The molecule has 0 amide bonds. The number of hydrogen-bond acceptors (Lipinski definition) is 4. The number of hydrogen-bond donors (Lipinski definition) is 0. The van der Waals surface area contributed by atoms with E-state index >= 15 is 0 Å². The molecule has 1 aromatic carbocycles. The van der Waals surface area contributed by atoms with Crippen molar-refractivity contribution < 1.29 is 4.42 Å². The van der Waals surface area contributed by atoms with Gasteiger partial charge in [-0.2, -0.15) is 0 Å². The van der Waals surface area contributed by atoms with Gasteiger partial charge in [0.15, 0.2) is 5.13 Å². The molecule has 0 atom stereocenters. The van der Waals surface area contributed by atoms with Gasteiger partial charge in [0.05, 0.1) is 15.6 Å². The quantitative estimate of drug-likeness (QED) is 0.679. The Labute approximate surface area is 130 Å². The Morgan fingerprint density at radius 3 is 2.48 bits per heavy atom. The molecule has 0 fully saturated rings. The molecule has 0 spiro atoms. The summed E-state index contributed by atoms with van der Waals surface area (Å²) in [5.41, 5.74) is 2.11. The number of fused-ring (bicyclic) bond motifs is 1. The number of aromatic nitrogens is 1. The van der Waals surface area contributed by atoms with E-state index in [1.165, 1.54) is 4.70 Å². The maximum Gasteiger partial charge on any atom is 0.185 e. The first-order valence-corrected chi connectivity index (χ1v) is 11.4. The zero-order chi connectivity index (χ0) is 15.2. The standard InChI is InChI=1S/C16H20N2OSSi/c1-18(2)16-17-15-11(7-6-8-13(15)20-16)12-9-10-14(19-12)21(3,4)5/h6-10H,1-5H3. The fraction of sp³-hybridized carbons (Fsp3) is 0.312. The monoisotopic (exact) mass is 316 g/mol. The second kappa shape index (κ2) is 5.00. The Bertz CT molecular complexity index is 783. The lowest BCUT2D eigenvalue weighted by Gasteiger charge is -2.11. The van der Waals surface area contributed by atoms with E-state index < -0.39 is 8.07 Å². The maximum absolute atomic E-state index is 6.12. The second-order valence-corrected chi connectivity index (χ2v) is 12.5. The lowest BCUT2D eigenvalue weighted by atomic mass is 10.1. The first-order valence-electron chi connectivity index (χ1n) is 7.04. The van der Waals surface area contributed by atoms with Gasteiger partial charge < -0.3 is 9.32 Å². The molecule has 5 heteroatoms. The van der Waals surface area contributed by atoms with Crippen LogP contribution in [0.3, 0.4) is 0 Å². The van der Waals surface area contributed by atoms with Gasteiger partial charge in [0.2, 0.25) is 0 Å². The highest BCUT2D eigenvalue weighted by Crippen LogP contribution is 2.34. The van der Waals surface area contributed by atoms with Gasteiger partial charge in [0, 0.05) is 19.7 Å². The minimum Gasteiger partial charge on any atom is -0.466 e. The highest BCUT2D eigenvalue weighted by Gasteiger charge is 2.22. The molecule has 110 valence electrons. The number of rotatable bonds is 3. The van der Waals surface area contributed by atoms with Gasteiger partial charge in [-0.05, 0) is 24.3 Å². The number of nitrogens with zero attached hydrogens (tertiary/aromatic N) is 2. The lowest BCUT2D eigenvalue weighted by Crippen LogP contribution is -2.36. The summed E-state index contributed by atoms with van der Waals surface area (Å²) < 4.78 is 7.32. The van der Waals surface area contributed by atoms with Crippen LogP contribution in [0.4, 0.5) is 5.13 Å². The predicted molar refractivity (Wildman–Crippen MR) is 94.6 cm³/mol. The topological polar surface area (TPSA) is 29.3 Å². The minimum atomic E-state index is -1.42. The Morgan fingerprint density at radius 1 is 1.10 bits per heavy atom. The molecule has 21 heavy (non-hydrogen) atoms. The molecule has 0 radical (unpaired) electrons. The van der Waals surface area contributed by atoms with Crippen molar-refractivity contribution >= 4 is 40.1 Å². The normalized spacial score (nSPS) is 12.0. The molecule has 0 saturated carbocycles. The molecule has 0 N–H and O–H groups in total. The van der Waals surface area contributed by atoms with Gasteiger partial charge in [-0.1, -0.05) is 37.0 Å². The van der Waals surface area contributed by atoms with Crippen molar-refractivity contribution in [2.75, 3.05) is 19.0 Å². The predicted octanol–water partition coefficient (Wildman–Crippen LogP) is 4.17. The van der Waals surface area contributed by atoms with Crippen LogP contribution < -0.4 is 10.3 Å². The summed E-state index contributed by atoms with van der Waals surface area (Å²) in [6.45, 7) is 6.88. The summed E-state index contributed by atoms with van der Waals surface area (Å²) in [5.74, 6) is 0.925. The Balaban J connectivity index is 2.14. The van der Waals surface area contributed by atoms with Gasteiger partial charge in [-0.15, -0.1) is 0 Å². The molecule has 3 nitrogen and oxygen atoms in total. The van der Waals surface area contributed by atoms with Gasteiger partial charge >= 0.3 is 0 Å². The number of furan rings is 1. The van der Waals surface area contributed by atoms with E-state index in [-0.39, 0.29) is 0 Å². The van der Waals surface area contributed by atoms with E-state index in [1.54, 1.807) is 11.3 Å². The third kappa shape index (κ3) is 2.63. The lowest BCUT2D eigenvalue weighted by molar-refractivity contribution is 0.613.